The lowest BCUT2D eigenvalue weighted by molar-refractivity contribution is 0.392. The molecule has 0 unspecified atom stereocenters. The van der Waals surface area contributed by atoms with Crippen LogP contribution in [0.3, 0.4) is 0 Å². The molecule has 0 radical (unpaired) electrons. The molecule has 0 aliphatic rings. The maximum Gasteiger partial charge on any atom is 0.122 e. The molecule has 0 spiro atoms. The van der Waals surface area contributed by atoms with Crippen LogP contribution in [0.1, 0.15) is 29.7 Å². The maximum absolute atomic E-state index is 5.30. The zero-order valence-electron chi connectivity index (χ0n) is 13.1. The standard InChI is InChI=1S/C18H23NO2/c1-13-7-5-6-8-18(13)14(2)19-12-15-9-16(20-3)11-17(10-15)21-4/h5-11,14,19H,12H2,1-4H3/t14-/m1/s1. The largest absolute Gasteiger partial charge is 0.497 e. The van der Waals surface area contributed by atoms with E-state index in [1.807, 2.05) is 18.2 Å². The Labute approximate surface area is 126 Å². The minimum atomic E-state index is 0.295. The van der Waals surface area contributed by atoms with E-state index in [1.165, 1.54) is 11.1 Å². The van der Waals surface area contributed by atoms with Gasteiger partial charge in [-0.1, -0.05) is 24.3 Å². The number of ether oxygens (including phenoxy) is 2. The number of benzene rings is 2. The first-order valence-corrected chi connectivity index (χ1v) is 7.15. The van der Waals surface area contributed by atoms with E-state index in [0.29, 0.717) is 6.04 Å². The van der Waals surface area contributed by atoms with Crippen LogP contribution in [-0.4, -0.2) is 14.2 Å². The smallest absolute Gasteiger partial charge is 0.122 e. The van der Waals surface area contributed by atoms with Gasteiger partial charge in [0.15, 0.2) is 0 Å². The Kier molecular flexibility index (Phi) is 5.23. The zero-order valence-corrected chi connectivity index (χ0v) is 13.1. The molecule has 2 aromatic rings. The van der Waals surface area contributed by atoms with E-state index in [2.05, 4.69) is 43.4 Å². The summed E-state index contributed by atoms with van der Waals surface area (Å²) in [4.78, 5) is 0. The highest BCUT2D eigenvalue weighted by molar-refractivity contribution is 5.38. The van der Waals surface area contributed by atoms with Gasteiger partial charge >= 0.3 is 0 Å². The predicted octanol–water partition coefficient (Wildman–Crippen LogP) is 3.86. The lowest BCUT2D eigenvalue weighted by atomic mass is 10.0. The predicted molar refractivity (Wildman–Crippen MR) is 86.0 cm³/mol. The Bertz CT molecular complexity index is 573. The van der Waals surface area contributed by atoms with Gasteiger partial charge in [-0.2, -0.15) is 0 Å². The van der Waals surface area contributed by atoms with Crippen LogP contribution in [-0.2, 0) is 6.54 Å². The summed E-state index contributed by atoms with van der Waals surface area (Å²) in [6, 6.07) is 14.7. The fraction of sp³-hybridized carbons (Fsp3) is 0.333. The number of aryl methyl sites for hydroxylation is 1. The highest BCUT2D eigenvalue weighted by Crippen LogP contribution is 2.23. The van der Waals surface area contributed by atoms with E-state index in [4.69, 9.17) is 9.47 Å². The number of nitrogens with one attached hydrogen (secondary N) is 1. The minimum Gasteiger partial charge on any atom is -0.497 e. The van der Waals surface area contributed by atoms with Crippen LogP contribution >= 0.6 is 0 Å². The topological polar surface area (TPSA) is 30.5 Å². The van der Waals surface area contributed by atoms with Crippen molar-refractivity contribution in [2.75, 3.05) is 14.2 Å². The quantitative estimate of drug-likeness (QED) is 0.874. The van der Waals surface area contributed by atoms with Gasteiger partial charge in [-0.25, -0.2) is 0 Å². The molecule has 0 aliphatic carbocycles. The molecule has 3 heteroatoms. The van der Waals surface area contributed by atoms with Crippen LogP contribution in [0.2, 0.25) is 0 Å². The second-order valence-corrected chi connectivity index (χ2v) is 5.18. The second-order valence-electron chi connectivity index (χ2n) is 5.18. The summed E-state index contributed by atoms with van der Waals surface area (Å²) in [6.45, 7) is 5.09. The molecule has 2 aromatic carbocycles. The molecule has 112 valence electrons. The number of methoxy groups -OCH3 is 2. The molecule has 0 saturated carbocycles. The molecule has 0 heterocycles. The summed E-state index contributed by atoms with van der Waals surface area (Å²) < 4.78 is 10.6. The van der Waals surface area contributed by atoms with Crippen molar-refractivity contribution in [3.8, 4) is 11.5 Å². The molecule has 1 atom stereocenters. The van der Waals surface area contributed by atoms with Crippen molar-refractivity contribution < 1.29 is 9.47 Å². The normalized spacial score (nSPS) is 12.0. The summed E-state index contributed by atoms with van der Waals surface area (Å²) in [5, 5.41) is 3.55. The summed E-state index contributed by atoms with van der Waals surface area (Å²) in [6.07, 6.45) is 0. The third-order valence-electron chi connectivity index (χ3n) is 3.68. The molecule has 2 rings (SSSR count). The van der Waals surface area contributed by atoms with E-state index in [9.17, 15) is 0 Å². The Morgan fingerprint density at radius 1 is 1.00 bits per heavy atom. The van der Waals surface area contributed by atoms with Crippen molar-refractivity contribution in [3.63, 3.8) is 0 Å². The van der Waals surface area contributed by atoms with Crippen LogP contribution in [0.5, 0.6) is 11.5 Å². The first kappa shape index (κ1) is 15.4. The molecule has 0 amide bonds. The van der Waals surface area contributed by atoms with Gasteiger partial charge in [0, 0.05) is 18.7 Å². The van der Waals surface area contributed by atoms with Gasteiger partial charge in [0.1, 0.15) is 11.5 Å². The van der Waals surface area contributed by atoms with Crippen LogP contribution in [0.15, 0.2) is 42.5 Å². The molecule has 0 saturated heterocycles. The Balaban J connectivity index is 2.07. The average molecular weight is 285 g/mol. The van der Waals surface area contributed by atoms with Gasteiger partial charge in [0.05, 0.1) is 14.2 Å². The van der Waals surface area contributed by atoms with E-state index < -0.39 is 0 Å². The molecule has 0 aromatic heterocycles. The lowest BCUT2D eigenvalue weighted by Gasteiger charge is -2.17. The SMILES string of the molecule is COc1cc(CN[C@H](C)c2ccccc2C)cc(OC)c1. The molecule has 21 heavy (non-hydrogen) atoms. The number of rotatable bonds is 6. The Hall–Kier alpha value is -2.00. The van der Waals surface area contributed by atoms with Crippen LogP contribution in [0.4, 0.5) is 0 Å². The zero-order chi connectivity index (χ0) is 15.2. The van der Waals surface area contributed by atoms with E-state index in [0.717, 1.165) is 23.6 Å². The Morgan fingerprint density at radius 2 is 1.62 bits per heavy atom. The monoisotopic (exact) mass is 285 g/mol. The summed E-state index contributed by atoms with van der Waals surface area (Å²) in [7, 11) is 3.34. The average Bonchev–Trinajstić information content (AvgIpc) is 2.52. The fourth-order valence-electron chi connectivity index (χ4n) is 2.42. The fourth-order valence-corrected chi connectivity index (χ4v) is 2.42. The van der Waals surface area contributed by atoms with Gasteiger partial charge in [-0.15, -0.1) is 0 Å². The van der Waals surface area contributed by atoms with E-state index >= 15 is 0 Å². The molecular formula is C18H23NO2. The lowest BCUT2D eigenvalue weighted by Crippen LogP contribution is -2.18. The van der Waals surface area contributed by atoms with E-state index in [-0.39, 0.29) is 0 Å². The number of hydrogen-bond acceptors (Lipinski definition) is 3. The van der Waals surface area contributed by atoms with Gasteiger partial charge in [0.2, 0.25) is 0 Å². The Morgan fingerprint density at radius 3 is 2.19 bits per heavy atom. The van der Waals surface area contributed by atoms with Crippen molar-refractivity contribution in [2.45, 2.75) is 26.4 Å². The third kappa shape index (κ3) is 3.99. The van der Waals surface area contributed by atoms with Gasteiger partial charge in [-0.05, 0) is 42.7 Å². The van der Waals surface area contributed by atoms with Crippen molar-refractivity contribution in [2.24, 2.45) is 0 Å². The minimum absolute atomic E-state index is 0.295. The molecule has 0 fully saturated rings. The molecular weight excluding hydrogens is 262 g/mol. The highest BCUT2D eigenvalue weighted by atomic mass is 16.5. The molecule has 3 nitrogen and oxygen atoms in total. The van der Waals surface area contributed by atoms with Crippen molar-refractivity contribution >= 4 is 0 Å². The van der Waals surface area contributed by atoms with Crippen molar-refractivity contribution in [1.29, 1.82) is 0 Å². The van der Waals surface area contributed by atoms with E-state index in [1.54, 1.807) is 14.2 Å². The first-order chi connectivity index (χ1) is 10.1. The summed E-state index contributed by atoms with van der Waals surface area (Å²) in [5.74, 6) is 1.63. The maximum atomic E-state index is 5.30. The van der Waals surface area contributed by atoms with Gasteiger partial charge in [-0.3, -0.25) is 0 Å². The van der Waals surface area contributed by atoms with Crippen LogP contribution < -0.4 is 14.8 Å². The molecule has 0 aliphatic heterocycles. The summed E-state index contributed by atoms with van der Waals surface area (Å²) in [5.41, 5.74) is 3.78. The highest BCUT2D eigenvalue weighted by Gasteiger charge is 2.08. The molecule has 1 N–H and O–H groups in total. The third-order valence-corrected chi connectivity index (χ3v) is 3.68. The number of hydrogen-bond donors (Lipinski definition) is 1. The van der Waals surface area contributed by atoms with Crippen molar-refractivity contribution in [1.82, 2.24) is 5.32 Å². The van der Waals surface area contributed by atoms with Crippen LogP contribution in [0, 0.1) is 6.92 Å². The molecule has 0 bridgehead atoms. The van der Waals surface area contributed by atoms with Gasteiger partial charge in [0.25, 0.3) is 0 Å². The van der Waals surface area contributed by atoms with Crippen molar-refractivity contribution in [3.05, 3.63) is 59.2 Å². The summed E-state index contributed by atoms with van der Waals surface area (Å²) >= 11 is 0. The van der Waals surface area contributed by atoms with Crippen LogP contribution in [0.25, 0.3) is 0 Å². The first-order valence-electron chi connectivity index (χ1n) is 7.15. The van der Waals surface area contributed by atoms with Gasteiger partial charge < -0.3 is 14.8 Å². The second kappa shape index (κ2) is 7.14.